The van der Waals surface area contributed by atoms with Gasteiger partial charge >= 0.3 is 6.09 Å². The number of nitrogens with zero attached hydrogens (tertiary/aromatic N) is 1. The number of Topliss-reactive ketones (excluding diaryl/α,β-unsaturated/α-hetero) is 1. The molecule has 0 radical (unpaired) electrons. The number of benzene rings is 1. The summed E-state index contributed by atoms with van der Waals surface area (Å²) >= 11 is 0. The molecule has 0 unspecified atom stereocenters. The van der Waals surface area contributed by atoms with Gasteiger partial charge in [0.15, 0.2) is 5.78 Å². The molecule has 0 aromatic heterocycles. The van der Waals surface area contributed by atoms with Gasteiger partial charge in [0, 0.05) is 12.5 Å². The van der Waals surface area contributed by atoms with E-state index in [4.69, 9.17) is 4.74 Å². The van der Waals surface area contributed by atoms with Crippen LogP contribution in [0.5, 0.6) is 0 Å². The minimum absolute atomic E-state index is 0.117. The number of ketones is 1. The molecule has 0 spiro atoms. The molecule has 0 bridgehead atoms. The van der Waals surface area contributed by atoms with Crippen LogP contribution >= 0.6 is 0 Å². The Hall–Kier alpha value is -1.84. The molecule has 0 N–H and O–H groups in total. The lowest BCUT2D eigenvalue weighted by atomic mass is 10.1. The second-order valence-corrected chi connectivity index (χ2v) is 5.90. The fourth-order valence-corrected chi connectivity index (χ4v) is 2.91. The van der Waals surface area contributed by atoms with E-state index in [1.807, 2.05) is 37.3 Å². The smallest absolute Gasteiger partial charge is 0.410 e. The van der Waals surface area contributed by atoms with Crippen molar-refractivity contribution in [2.45, 2.75) is 58.1 Å². The Balaban J connectivity index is 1.94. The molecule has 1 saturated carbocycles. The maximum atomic E-state index is 12.4. The van der Waals surface area contributed by atoms with Gasteiger partial charge in [0.1, 0.15) is 6.61 Å². The highest BCUT2D eigenvalue weighted by Crippen LogP contribution is 2.24. The molecular weight excluding hydrogens is 278 g/mol. The average molecular weight is 303 g/mol. The fourth-order valence-electron chi connectivity index (χ4n) is 2.91. The maximum Gasteiger partial charge on any atom is 0.410 e. The predicted octanol–water partition coefficient (Wildman–Crippen LogP) is 3.94. The van der Waals surface area contributed by atoms with E-state index in [-0.39, 0.29) is 31.1 Å². The molecule has 1 aromatic carbocycles. The van der Waals surface area contributed by atoms with E-state index in [1.165, 1.54) is 0 Å². The Labute approximate surface area is 132 Å². The number of amides is 1. The lowest BCUT2D eigenvalue weighted by Crippen LogP contribution is -2.42. The van der Waals surface area contributed by atoms with Crippen LogP contribution in [0, 0.1) is 0 Å². The molecule has 1 amide bonds. The summed E-state index contributed by atoms with van der Waals surface area (Å²) < 4.78 is 5.42. The van der Waals surface area contributed by atoms with Crippen LogP contribution in [0.3, 0.4) is 0 Å². The molecule has 0 atom stereocenters. The summed E-state index contributed by atoms with van der Waals surface area (Å²) in [5, 5.41) is 0. The third-order valence-electron chi connectivity index (χ3n) is 4.08. The van der Waals surface area contributed by atoms with Crippen LogP contribution in [-0.4, -0.2) is 29.4 Å². The van der Waals surface area contributed by atoms with E-state index in [9.17, 15) is 9.59 Å². The van der Waals surface area contributed by atoms with Crippen LogP contribution in [0.15, 0.2) is 30.3 Å². The summed E-state index contributed by atoms with van der Waals surface area (Å²) in [6.45, 7) is 2.42. The molecule has 1 fully saturated rings. The summed E-state index contributed by atoms with van der Waals surface area (Å²) in [5.41, 5.74) is 0.960. The third-order valence-corrected chi connectivity index (χ3v) is 4.08. The quantitative estimate of drug-likeness (QED) is 0.766. The van der Waals surface area contributed by atoms with Crippen molar-refractivity contribution < 1.29 is 14.3 Å². The number of ether oxygens (including phenoxy) is 1. The number of carbonyl (C=O) groups is 2. The zero-order valence-electron chi connectivity index (χ0n) is 13.3. The first-order valence-electron chi connectivity index (χ1n) is 8.19. The monoisotopic (exact) mass is 303 g/mol. The molecule has 1 aromatic rings. The van der Waals surface area contributed by atoms with Gasteiger partial charge in [-0.05, 0) is 24.8 Å². The highest BCUT2D eigenvalue weighted by Gasteiger charge is 2.29. The maximum absolute atomic E-state index is 12.4. The summed E-state index contributed by atoms with van der Waals surface area (Å²) in [6.07, 6.45) is 5.16. The Morgan fingerprint density at radius 1 is 1.18 bits per heavy atom. The lowest BCUT2D eigenvalue weighted by Gasteiger charge is -2.27. The minimum atomic E-state index is -0.361. The lowest BCUT2D eigenvalue weighted by molar-refractivity contribution is -0.120. The van der Waals surface area contributed by atoms with Crippen molar-refractivity contribution in [2.24, 2.45) is 0 Å². The van der Waals surface area contributed by atoms with Gasteiger partial charge < -0.3 is 4.74 Å². The van der Waals surface area contributed by atoms with Gasteiger partial charge in [-0.15, -0.1) is 0 Å². The number of hydrogen-bond donors (Lipinski definition) is 0. The number of rotatable bonds is 7. The molecule has 120 valence electrons. The Kier molecular flexibility index (Phi) is 6.44. The van der Waals surface area contributed by atoms with Crippen molar-refractivity contribution in [3.63, 3.8) is 0 Å². The topological polar surface area (TPSA) is 46.6 Å². The van der Waals surface area contributed by atoms with E-state index in [0.717, 1.165) is 37.7 Å². The van der Waals surface area contributed by atoms with Gasteiger partial charge in [0.2, 0.25) is 0 Å². The zero-order chi connectivity index (χ0) is 15.8. The molecule has 0 aliphatic heterocycles. The third kappa shape index (κ3) is 4.86. The number of carbonyl (C=O) groups excluding carboxylic acids is 2. The van der Waals surface area contributed by atoms with Gasteiger partial charge in [0.25, 0.3) is 0 Å². The van der Waals surface area contributed by atoms with E-state index in [1.54, 1.807) is 4.90 Å². The van der Waals surface area contributed by atoms with Gasteiger partial charge in [-0.2, -0.15) is 0 Å². The molecule has 0 saturated heterocycles. The minimum Gasteiger partial charge on any atom is -0.445 e. The van der Waals surface area contributed by atoms with Gasteiger partial charge in [-0.25, -0.2) is 4.79 Å². The highest BCUT2D eigenvalue weighted by atomic mass is 16.6. The second kappa shape index (κ2) is 8.57. The van der Waals surface area contributed by atoms with Crippen molar-refractivity contribution in [1.29, 1.82) is 0 Å². The Morgan fingerprint density at radius 2 is 1.86 bits per heavy atom. The standard InChI is InChI=1S/C18H25NO3/c1-2-8-17(20)13-19(16-11-6-7-12-16)18(21)22-14-15-9-4-3-5-10-15/h3-5,9-10,16H,2,6-8,11-14H2,1H3. The van der Waals surface area contributed by atoms with Crippen molar-refractivity contribution in [2.75, 3.05) is 6.54 Å². The van der Waals surface area contributed by atoms with Crippen LogP contribution in [-0.2, 0) is 16.1 Å². The van der Waals surface area contributed by atoms with Crippen molar-refractivity contribution in [1.82, 2.24) is 4.90 Å². The molecular formula is C18H25NO3. The Bertz CT molecular complexity index is 480. The molecule has 4 heteroatoms. The zero-order valence-corrected chi connectivity index (χ0v) is 13.3. The van der Waals surface area contributed by atoms with Crippen molar-refractivity contribution >= 4 is 11.9 Å². The molecule has 4 nitrogen and oxygen atoms in total. The van der Waals surface area contributed by atoms with E-state index < -0.39 is 0 Å². The largest absolute Gasteiger partial charge is 0.445 e. The van der Waals surface area contributed by atoms with Gasteiger partial charge in [0.05, 0.1) is 6.54 Å². The molecule has 1 aliphatic carbocycles. The molecule has 2 rings (SSSR count). The molecule has 22 heavy (non-hydrogen) atoms. The normalized spacial score (nSPS) is 14.8. The summed E-state index contributed by atoms with van der Waals surface area (Å²) in [6, 6.07) is 9.78. The van der Waals surface area contributed by atoms with Crippen molar-refractivity contribution in [3.05, 3.63) is 35.9 Å². The van der Waals surface area contributed by atoms with Crippen LogP contribution in [0.25, 0.3) is 0 Å². The first kappa shape index (κ1) is 16.5. The Morgan fingerprint density at radius 3 is 2.50 bits per heavy atom. The van der Waals surface area contributed by atoms with Crippen LogP contribution < -0.4 is 0 Å². The summed E-state index contributed by atoms with van der Waals surface area (Å²) in [5.74, 6) is 0.117. The van der Waals surface area contributed by atoms with Gasteiger partial charge in [-0.3, -0.25) is 9.69 Å². The van der Waals surface area contributed by atoms with Crippen LogP contribution in [0.1, 0.15) is 51.0 Å². The fraction of sp³-hybridized carbons (Fsp3) is 0.556. The van der Waals surface area contributed by atoms with E-state index >= 15 is 0 Å². The SMILES string of the molecule is CCCC(=O)CN(C(=O)OCc1ccccc1)C1CCCC1. The van der Waals surface area contributed by atoms with E-state index in [0.29, 0.717) is 6.42 Å². The predicted molar refractivity (Wildman–Crippen MR) is 85.5 cm³/mol. The molecule has 0 heterocycles. The summed E-state index contributed by atoms with van der Waals surface area (Å²) in [4.78, 5) is 26.0. The van der Waals surface area contributed by atoms with Gasteiger partial charge in [-0.1, -0.05) is 50.1 Å². The van der Waals surface area contributed by atoms with Crippen molar-refractivity contribution in [3.8, 4) is 0 Å². The second-order valence-electron chi connectivity index (χ2n) is 5.90. The van der Waals surface area contributed by atoms with Crippen LogP contribution in [0.2, 0.25) is 0 Å². The van der Waals surface area contributed by atoms with E-state index in [2.05, 4.69) is 0 Å². The average Bonchev–Trinajstić information content (AvgIpc) is 3.06. The van der Waals surface area contributed by atoms with Crippen LogP contribution in [0.4, 0.5) is 4.79 Å². The highest BCUT2D eigenvalue weighted by molar-refractivity contribution is 5.84. The summed E-state index contributed by atoms with van der Waals surface area (Å²) in [7, 11) is 0. The first-order valence-corrected chi connectivity index (χ1v) is 8.19. The molecule has 1 aliphatic rings. The number of hydrogen-bond acceptors (Lipinski definition) is 3. The first-order chi connectivity index (χ1) is 10.7.